The zero-order chi connectivity index (χ0) is 14.1. The fraction of sp³-hybridized carbons (Fsp3) is 0.846. The normalized spacial score (nSPS) is 17.0. The molecule has 1 aliphatic rings. The fourth-order valence-electron chi connectivity index (χ4n) is 2.03. The van der Waals surface area contributed by atoms with Crippen molar-refractivity contribution < 1.29 is 9.59 Å². The van der Waals surface area contributed by atoms with E-state index >= 15 is 0 Å². The molecule has 0 saturated carbocycles. The third kappa shape index (κ3) is 7.79. The third-order valence-electron chi connectivity index (χ3n) is 2.92. The molecule has 6 heteroatoms. The summed E-state index contributed by atoms with van der Waals surface area (Å²) in [6.07, 6.45) is 1.41. The van der Waals surface area contributed by atoms with Gasteiger partial charge in [0, 0.05) is 32.1 Å². The number of nitrogens with one attached hydrogen (secondary N) is 3. The second kappa shape index (κ2) is 8.87. The molecule has 0 bridgehead atoms. The molecule has 1 rings (SSSR count). The number of nitrogens with zero attached hydrogens (tertiary/aromatic N) is 1. The molecule has 110 valence electrons. The van der Waals surface area contributed by atoms with E-state index in [-0.39, 0.29) is 17.9 Å². The van der Waals surface area contributed by atoms with Gasteiger partial charge in [-0.3, -0.25) is 14.5 Å². The van der Waals surface area contributed by atoms with Crippen molar-refractivity contribution in [3.05, 3.63) is 0 Å². The Labute approximate surface area is 115 Å². The monoisotopic (exact) mass is 270 g/mol. The van der Waals surface area contributed by atoms with Crippen LogP contribution in [0.1, 0.15) is 26.7 Å². The Morgan fingerprint density at radius 2 is 2.00 bits per heavy atom. The topological polar surface area (TPSA) is 73.5 Å². The van der Waals surface area contributed by atoms with Crippen molar-refractivity contribution in [3.63, 3.8) is 0 Å². The number of carbonyl (C=O) groups is 2. The first kappa shape index (κ1) is 15.9. The van der Waals surface area contributed by atoms with Gasteiger partial charge in [0.15, 0.2) is 0 Å². The largest absolute Gasteiger partial charge is 0.354 e. The number of rotatable bonds is 6. The lowest BCUT2D eigenvalue weighted by molar-refractivity contribution is -0.123. The molecule has 0 spiro atoms. The Morgan fingerprint density at radius 3 is 2.74 bits per heavy atom. The lowest BCUT2D eigenvalue weighted by Gasteiger charge is -2.18. The average Bonchev–Trinajstić information content (AvgIpc) is 2.56. The zero-order valence-corrected chi connectivity index (χ0v) is 12.0. The Hall–Kier alpha value is -1.14. The molecule has 1 fully saturated rings. The van der Waals surface area contributed by atoms with Gasteiger partial charge < -0.3 is 16.0 Å². The molecule has 0 unspecified atom stereocenters. The Balaban J connectivity index is 2.11. The summed E-state index contributed by atoms with van der Waals surface area (Å²) in [5, 5.41) is 8.89. The molecule has 0 aliphatic carbocycles. The Morgan fingerprint density at radius 1 is 1.21 bits per heavy atom. The summed E-state index contributed by atoms with van der Waals surface area (Å²) in [6, 6.07) is 0.146. The SMILES string of the molecule is CC(C)NC(=O)CCNC(=O)CN1CCCNCC1. The van der Waals surface area contributed by atoms with Crippen LogP contribution in [0.4, 0.5) is 0 Å². The van der Waals surface area contributed by atoms with Crippen molar-refractivity contribution in [2.24, 2.45) is 0 Å². The van der Waals surface area contributed by atoms with Crippen LogP contribution in [0.5, 0.6) is 0 Å². The molecule has 0 aromatic rings. The van der Waals surface area contributed by atoms with Crippen LogP contribution in [0.2, 0.25) is 0 Å². The molecule has 19 heavy (non-hydrogen) atoms. The van der Waals surface area contributed by atoms with E-state index < -0.39 is 0 Å². The highest BCUT2D eigenvalue weighted by atomic mass is 16.2. The molecule has 1 saturated heterocycles. The van der Waals surface area contributed by atoms with Gasteiger partial charge in [-0.15, -0.1) is 0 Å². The van der Waals surface area contributed by atoms with Crippen molar-refractivity contribution in [2.75, 3.05) is 39.3 Å². The van der Waals surface area contributed by atoms with Gasteiger partial charge in [-0.05, 0) is 33.4 Å². The predicted octanol–water partition coefficient (Wildman–Crippen LogP) is -0.687. The van der Waals surface area contributed by atoms with E-state index in [9.17, 15) is 9.59 Å². The van der Waals surface area contributed by atoms with Crippen LogP contribution in [0, 0.1) is 0 Å². The molecule has 1 heterocycles. The van der Waals surface area contributed by atoms with Gasteiger partial charge >= 0.3 is 0 Å². The van der Waals surface area contributed by atoms with Gasteiger partial charge in [0.05, 0.1) is 6.54 Å². The molecule has 6 nitrogen and oxygen atoms in total. The molecule has 2 amide bonds. The highest BCUT2D eigenvalue weighted by Crippen LogP contribution is 1.94. The average molecular weight is 270 g/mol. The van der Waals surface area contributed by atoms with Crippen LogP contribution in [-0.2, 0) is 9.59 Å². The maximum atomic E-state index is 11.7. The summed E-state index contributed by atoms with van der Waals surface area (Å²) in [4.78, 5) is 25.3. The summed E-state index contributed by atoms with van der Waals surface area (Å²) in [7, 11) is 0. The van der Waals surface area contributed by atoms with Crippen molar-refractivity contribution in [1.82, 2.24) is 20.9 Å². The van der Waals surface area contributed by atoms with Gasteiger partial charge in [0.2, 0.25) is 11.8 Å². The molecule has 0 aromatic heterocycles. The van der Waals surface area contributed by atoms with E-state index in [0.717, 1.165) is 32.6 Å². The smallest absolute Gasteiger partial charge is 0.234 e. The van der Waals surface area contributed by atoms with Crippen LogP contribution in [0.25, 0.3) is 0 Å². The molecular formula is C13H26N4O2. The number of hydrogen-bond donors (Lipinski definition) is 3. The first-order chi connectivity index (χ1) is 9.08. The van der Waals surface area contributed by atoms with Crippen molar-refractivity contribution in [2.45, 2.75) is 32.7 Å². The van der Waals surface area contributed by atoms with Crippen molar-refractivity contribution in [1.29, 1.82) is 0 Å². The van der Waals surface area contributed by atoms with Crippen molar-refractivity contribution >= 4 is 11.8 Å². The zero-order valence-electron chi connectivity index (χ0n) is 12.0. The fourth-order valence-corrected chi connectivity index (χ4v) is 2.03. The van der Waals surface area contributed by atoms with Crippen LogP contribution in [-0.4, -0.2) is 62.0 Å². The predicted molar refractivity (Wildman–Crippen MR) is 74.8 cm³/mol. The minimum absolute atomic E-state index is 0.000697. The first-order valence-electron chi connectivity index (χ1n) is 7.07. The van der Waals surface area contributed by atoms with E-state index in [1.807, 2.05) is 13.8 Å². The van der Waals surface area contributed by atoms with E-state index in [1.165, 1.54) is 0 Å². The lowest BCUT2D eigenvalue weighted by atomic mass is 10.3. The number of amides is 2. The van der Waals surface area contributed by atoms with E-state index in [0.29, 0.717) is 19.5 Å². The maximum absolute atomic E-state index is 11.7. The van der Waals surface area contributed by atoms with Gasteiger partial charge in [0.1, 0.15) is 0 Å². The highest BCUT2D eigenvalue weighted by Gasteiger charge is 2.12. The summed E-state index contributed by atoms with van der Waals surface area (Å²) < 4.78 is 0. The second-order valence-corrected chi connectivity index (χ2v) is 5.20. The quantitative estimate of drug-likeness (QED) is 0.597. The molecule has 0 atom stereocenters. The highest BCUT2D eigenvalue weighted by molar-refractivity contribution is 5.80. The van der Waals surface area contributed by atoms with Crippen LogP contribution in [0.15, 0.2) is 0 Å². The first-order valence-corrected chi connectivity index (χ1v) is 7.07. The molecule has 1 aliphatic heterocycles. The van der Waals surface area contributed by atoms with Crippen LogP contribution < -0.4 is 16.0 Å². The Kier molecular flexibility index (Phi) is 7.43. The van der Waals surface area contributed by atoms with Crippen LogP contribution in [0.3, 0.4) is 0 Å². The maximum Gasteiger partial charge on any atom is 0.234 e. The van der Waals surface area contributed by atoms with Crippen molar-refractivity contribution in [3.8, 4) is 0 Å². The molecule has 3 N–H and O–H groups in total. The standard InChI is InChI=1S/C13H26N4O2/c1-11(2)16-12(18)4-6-15-13(19)10-17-8-3-5-14-7-9-17/h11,14H,3-10H2,1-2H3,(H,15,19)(H,16,18). The Bertz CT molecular complexity index is 286. The summed E-state index contributed by atoms with van der Waals surface area (Å²) >= 11 is 0. The van der Waals surface area contributed by atoms with Gasteiger partial charge in [0.25, 0.3) is 0 Å². The molecule has 0 radical (unpaired) electrons. The molecule has 0 aromatic carbocycles. The third-order valence-corrected chi connectivity index (χ3v) is 2.92. The summed E-state index contributed by atoms with van der Waals surface area (Å²) in [6.45, 7) is 8.48. The number of carbonyl (C=O) groups excluding carboxylic acids is 2. The summed E-state index contributed by atoms with van der Waals surface area (Å²) in [5.41, 5.74) is 0. The van der Waals surface area contributed by atoms with Gasteiger partial charge in [-0.2, -0.15) is 0 Å². The lowest BCUT2D eigenvalue weighted by Crippen LogP contribution is -2.40. The summed E-state index contributed by atoms with van der Waals surface area (Å²) in [5.74, 6) is -0.0199. The molecular weight excluding hydrogens is 244 g/mol. The number of hydrogen-bond acceptors (Lipinski definition) is 4. The van der Waals surface area contributed by atoms with E-state index in [2.05, 4.69) is 20.9 Å². The second-order valence-electron chi connectivity index (χ2n) is 5.20. The van der Waals surface area contributed by atoms with Crippen LogP contribution >= 0.6 is 0 Å². The van der Waals surface area contributed by atoms with E-state index in [1.54, 1.807) is 0 Å². The minimum atomic E-state index is -0.0192. The van der Waals surface area contributed by atoms with Gasteiger partial charge in [-0.1, -0.05) is 0 Å². The minimum Gasteiger partial charge on any atom is -0.354 e. The van der Waals surface area contributed by atoms with E-state index in [4.69, 9.17) is 0 Å². The van der Waals surface area contributed by atoms with Gasteiger partial charge in [-0.25, -0.2) is 0 Å².